The quantitative estimate of drug-likeness (QED) is 0.524. The number of ketones is 1. The second-order valence-corrected chi connectivity index (χ2v) is 9.23. The number of fused-ring (bicyclic) bond motifs is 5. The maximum Gasteiger partial charge on any atom is 0.168 e. The summed E-state index contributed by atoms with van der Waals surface area (Å²) in [5.41, 5.74) is 0.759. The van der Waals surface area contributed by atoms with Gasteiger partial charge >= 0.3 is 0 Å². The van der Waals surface area contributed by atoms with Crippen molar-refractivity contribution in [2.45, 2.75) is 71.3 Å². The SMILES string of the molecule is C[C@]12CC[C@@H](O)C[C@@H]1CC[C@@H]1[C@@H]2CC[C@]2(C)C(=O)/C(=C\O)C[C@@H]12. The largest absolute Gasteiger partial charge is 0.515 e. The molecule has 7 atom stereocenters. The van der Waals surface area contributed by atoms with Crippen molar-refractivity contribution in [1.82, 2.24) is 0 Å². The Kier molecular flexibility index (Phi) is 3.46. The number of carbonyl (C=O) groups is 1. The Bertz CT molecular complexity index is 553. The highest BCUT2D eigenvalue weighted by Crippen LogP contribution is 2.65. The van der Waals surface area contributed by atoms with Crippen molar-refractivity contribution in [2.24, 2.45) is 34.5 Å². The molecule has 0 spiro atoms. The summed E-state index contributed by atoms with van der Waals surface area (Å²) in [6.07, 6.45) is 9.32. The molecule has 0 aromatic heterocycles. The summed E-state index contributed by atoms with van der Waals surface area (Å²) >= 11 is 0. The second kappa shape index (κ2) is 5.08. The highest BCUT2D eigenvalue weighted by atomic mass is 16.3. The first-order valence-corrected chi connectivity index (χ1v) is 9.46. The fourth-order valence-electron chi connectivity index (χ4n) is 7.02. The van der Waals surface area contributed by atoms with E-state index in [2.05, 4.69) is 13.8 Å². The number of hydrogen-bond donors (Lipinski definition) is 2. The van der Waals surface area contributed by atoms with Crippen LogP contribution >= 0.6 is 0 Å². The number of hydrogen-bond acceptors (Lipinski definition) is 3. The van der Waals surface area contributed by atoms with Crippen molar-refractivity contribution in [3.63, 3.8) is 0 Å². The summed E-state index contributed by atoms with van der Waals surface area (Å²) in [4.78, 5) is 12.7. The molecule has 4 aliphatic carbocycles. The third kappa shape index (κ3) is 2.01. The van der Waals surface area contributed by atoms with Crippen molar-refractivity contribution < 1.29 is 15.0 Å². The molecule has 0 bridgehead atoms. The van der Waals surface area contributed by atoms with Crippen molar-refractivity contribution in [3.05, 3.63) is 11.8 Å². The summed E-state index contributed by atoms with van der Waals surface area (Å²) < 4.78 is 0. The van der Waals surface area contributed by atoms with Crippen molar-refractivity contribution >= 4 is 5.78 Å². The van der Waals surface area contributed by atoms with Gasteiger partial charge in [0.15, 0.2) is 5.78 Å². The summed E-state index contributed by atoms with van der Waals surface area (Å²) in [7, 11) is 0. The van der Waals surface area contributed by atoms with Gasteiger partial charge in [0.25, 0.3) is 0 Å². The summed E-state index contributed by atoms with van der Waals surface area (Å²) in [6, 6.07) is 0. The van der Waals surface area contributed by atoms with Crippen LogP contribution in [0.2, 0.25) is 0 Å². The van der Waals surface area contributed by atoms with Crippen LogP contribution in [0, 0.1) is 34.5 Å². The molecule has 2 N–H and O–H groups in total. The Labute approximate surface area is 139 Å². The number of allylic oxidation sites excluding steroid dienone is 1. The average molecular weight is 318 g/mol. The molecule has 3 nitrogen and oxygen atoms in total. The predicted octanol–water partition coefficient (Wildman–Crippen LogP) is 4.01. The van der Waals surface area contributed by atoms with E-state index >= 15 is 0 Å². The van der Waals surface area contributed by atoms with Crippen LogP contribution < -0.4 is 0 Å². The molecule has 4 fully saturated rings. The fourth-order valence-corrected chi connectivity index (χ4v) is 7.02. The lowest BCUT2D eigenvalue weighted by molar-refractivity contribution is -0.141. The molecule has 4 saturated carbocycles. The van der Waals surface area contributed by atoms with Gasteiger partial charge in [0.05, 0.1) is 12.4 Å². The number of rotatable bonds is 0. The first-order valence-electron chi connectivity index (χ1n) is 9.46. The second-order valence-electron chi connectivity index (χ2n) is 9.23. The van der Waals surface area contributed by atoms with E-state index in [-0.39, 0.29) is 17.3 Å². The van der Waals surface area contributed by atoms with Gasteiger partial charge in [0.2, 0.25) is 0 Å². The molecule has 4 rings (SSSR count). The monoisotopic (exact) mass is 318 g/mol. The number of aliphatic hydroxyl groups excluding tert-OH is 2. The Hall–Kier alpha value is -0.830. The van der Waals surface area contributed by atoms with Gasteiger partial charge in [0.1, 0.15) is 0 Å². The Morgan fingerprint density at radius 2 is 1.87 bits per heavy atom. The zero-order valence-corrected chi connectivity index (χ0v) is 14.4. The molecule has 0 saturated heterocycles. The van der Waals surface area contributed by atoms with Gasteiger partial charge in [-0.1, -0.05) is 13.8 Å². The third-order valence-electron chi connectivity index (χ3n) is 8.43. The van der Waals surface area contributed by atoms with Gasteiger partial charge in [0, 0.05) is 11.0 Å². The van der Waals surface area contributed by atoms with Gasteiger partial charge in [-0.05, 0) is 80.5 Å². The molecule has 128 valence electrons. The summed E-state index contributed by atoms with van der Waals surface area (Å²) in [5, 5.41) is 19.5. The van der Waals surface area contributed by atoms with Gasteiger partial charge in [-0.15, -0.1) is 0 Å². The van der Waals surface area contributed by atoms with Crippen LogP contribution in [0.3, 0.4) is 0 Å². The third-order valence-corrected chi connectivity index (χ3v) is 8.43. The van der Waals surface area contributed by atoms with E-state index in [1.165, 1.54) is 12.8 Å². The standard InChI is InChI=1S/C20H30O3/c1-19-7-5-14(22)10-13(19)3-4-15-16(19)6-8-20(2)17(15)9-12(11-21)18(20)23/h11,13-17,21-22H,3-10H2,1-2H3/b12-11-/t13-,14+,15+,16-,17-,19-,20-/m0/s1. The Morgan fingerprint density at radius 3 is 2.61 bits per heavy atom. The van der Waals surface area contributed by atoms with Crippen molar-refractivity contribution in [2.75, 3.05) is 0 Å². The molecule has 0 radical (unpaired) electrons. The molecule has 4 aliphatic rings. The van der Waals surface area contributed by atoms with E-state index in [9.17, 15) is 15.0 Å². The summed E-state index contributed by atoms with van der Waals surface area (Å²) in [6.45, 7) is 4.61. The molecule has 0 aromatic rings. The normalized spacial score (nSPS) is 54.5. The van der Waals surface area contributed by atoms with Gasteiger partial charge < -0.3 is 10.2 Å². The Morgan fingerprint density at radius 1 is 1.09 bits per heavy atom. The zero-order valence-electron chi connectivity index (χ0n) is 14.4. The summed E-state index contributed by atoms with van der Waals surface area (Å²) in [5.74, 6) is 2.58. The number of aliphatic hydroxyl groups is 2. The van der Waals surface area contributed by atoms with E-state index < -0.39 is 0 Å². The lowest BCUT2D eigenvalue weighted by atomic mass is 9.45. The predicted molar refractivity (Wildman–Crippen MR) is 88.8 cm³/mol. The van der Waals surface area contributed by atoms with Crippen LogP contribution in [0.25, 0.3) is 0 Å². The molecular weight excluding hydrogens is 288 g/mol. The van der Waals surface area contributed by atoms with Crippen LogP contribution in [0.1, 0.15) is 65.2 Å². The minimum absolute atomic E-state index is 0.101. The zero-order chi connectivity index (χ0) is 16.4. The molecule has 0 aliphatic heterocycles. The maximum atomic E-state index is 12.7. The molecule has 3 heteroatoms. The van der Waals surface area contributed by atoms with Crippen LogP contribution in [0.4, 0.5) is 0 Å². The molecule has 0 unspecified atom stereocenters. The van der Waals surface area contributed by atoms with Gasteiger partial charge in [-0.25, -0.2) is 0 Å². The minimum atomic E-state index is -0.243. The molecule has 0 amide bonds. The highest BCUT2D eigenvalue weighted by Gasteiger charge is 2.61. The minimum Gasteiger partial charge on any atom is -0.515 e. The Balaban J connectivity index is 1.66. The van der Waals surface area contributed by atoms with Crippen LogP contribution in [0.5, 0.6) is 0 Å². The fraction of sp³-hybridized carbons (Fsp3) is 0.850. The topological polar surface area (TPSA) is 57.5 Å². The number of carbonyl (C=O) groups excluding carboxylic acids is 1. The molecule has 0 heterocycles. The van der Waals surface area contributed by atoms with E-state index in [1.807, 2.05) is 0 Å². The first kappa shape index (κ1) is 15.7. The number of Topliss-reactive ketones (excluding diaryl/α,β-unsaturated/α-hetero) is 1. The van der Waals surface area contributed by atoms with Gasteiger partial charge in [-0.2, -0.15) is 0 Å². The maximum absolute atomic E-state index is 12.7. The van der Waals surface area contributed by atoms with E-state index in [1.54, 1.807) is 0 Å². The van der Waals surface area contributed by atoms with Crippen LogP contribution in [-0.2, 0) is 4.79 Å². The van der Waals surface area contributed by atoms with E-state index in [0.29, 0.717) is 34.7 Å². The van der Waals surface area contributed by atoms with E-state index in [0.717, 1.165) is 44.8 Å². The molecule has 0 aromatic carbocycles. The van der Waals surface area contributed by atoms with Crippen LogP contribution in [-0.4, -0.2) is 22.1 Å². The lowest BCUT2D eigenvalue weighted by Crippen LogP contribution is -2.54. The van der Waals surface area contributed by atoms with Crippen molar-refractivity contribution in [1.29, 1.82) is 0 Å². The van der Waals surface area contributed by atoms with Crippen molar-refractivity contribution in [3.8, 4) is 0 Å². The first-order chi connectivity index (χ1) is 10.9. The van der Waals surface area contributed by atoms with Gasteiger partial charge in [-0.3, -0.25) is 4.79 Å². The highest BCUT2D eigenvalue weighted by molar-refractivity contribution is 6.02. The average Bonchev–Trinajstić information content (AvgIpc) is 2.79. The van der Waals surface area contributed by atoms with Crippen LogP contribution in [0.15, 0.2) is 11.8 Å². The smallest absolute Gasteiger partial charge is 0.168 e. The molecular formula is C20H30O3. The lowest BCUT2D eigenvalue weighted by Gasteiger charge is -2.59. The van der Waals surface area contributed by atoms with E-state index in [4.69, 9.17) is 0 Å². The molecule has 23 heavy (non-hydrogen) atoms.